The summed E-state index contributed by atoms with van der Waals surface area (Å²) < 4.78 is 16.1. The van der Waals surface area contributed by atoms with Crippen molar-refractivity contribution in [2.75, 3.05) is 5.75 Å². The molecule has 0 bridgehead atoms. The normalized spacial score (nSPS) is 12.8. The van der Waals surface area contributed by atoms with E-state index in [9.17, 15) is 9.18 Å². The van der Waals surface area contributed by atoms with Crippen molar-refractivity contribution in [3.63, 3.8) is 0 Å². The van der Waals surface area contributed by atoms with Gasteiger partial charge in [-0.3, -0.25) is 4.79 Å². The number of rotatable bonds is 6. The predicted octanol–water partition coefficient (Wildman–Crippen LogP) is 4.48. The number of carboxylic acids is 1. The maximum absolute atomic E-state index is 13.8. The molecule has 0 fully saturated rings. The van der Waals surface area contributed by atoms with Gasteiger partial charge in [-0.1, -0.05) is 25.1 Å². The van der Waals surface area contributed by atoms with Crippen molar-refractivity contribution < 1.29 is 14.3 Å². The molecule has 2 aromatic rings. The largest absolute Gasteiger partial charge is 0.481 e. The van der Waals surface area contributed by atoms with Crippen LogP contribution in [0.5, 0.6) is 0 Å². The molecule has 0 amide bonds. The highest BCUT2D eigenvalue weighted by Crippen LogP contribution is 2.32. The lowest BCUT2D eigenvalue weighted by atomic mass is 10.2. The van der Waals surface area contributed by atoms with E-state index in [0.29, 0.717) is 20.7 Å². The van der Waals surface area contributed by atoms with Crippen molar-refractivity contribution in [1.82, 2.24) is 9.55 Å². The number of fused-ring (bicyclic) bond motifs is 1. The molecule has 1 atom stereocenters. The molecule has 1 heterocycles. The summed E-state index contributed by atoms with van der Waals surface area (Å²) in [6, 6.07) is 3.21. The molecule has 4 nitrogen and oxygen atoms in total. The fourth-order valence-electron chi connectivity index (χ4n) is 2.27. The quantitative estimate of drug-likeness (QED) is 0.757. The van der Waals surface area contributed by atoms with E-state index in [-0.39, 0.29) is 17.6 Å². The number of halogens is 2. The zero-order chi connectivity index (χ0) is 15.6. The van der Waals surface area contributed by atoms with Gasteiger partial charge < -0.3 is 9.67 Å². The zero-order valence-electron chi connectivity index (χ0n) is 11.8. The zero-order valence-corrected chi connectivity index (χ0v) is 14.2. The molecule has 0 aliphatic carbocycles. The van der Waals surface area contributed by atoms with Crippen LogP contribution in [0.2, 0.25) is 0 Å². The molecule has 0 spiro atoms. The van der Waals surface area contributed by atoms with Gasteiger partial charge in [0.05, 0.1) is 21.3 Å². The Morgan fingerprint density at radius 3 is 2.90 bits per heavy atom. The van der Waals surface area contributed by atoms with Gasteiger partial charge in [-0.05, 0) is 35.3 Å². The first kappa shape index (κ1) is 16.3. The molecular formula is C14H16BrFN2O2S. The first-order chi connectivity index (χ1) is 9.93. The van der Waals surface area contributed by atoms with Gasteiger partial charge in [-0.2, -0.15) is 0 Å². The number of imidazole rings is 1. The van der Waals surface area contributed by atoms with E-state index < -0.39 is 5.97 Å². The molecule has 0 aliphatic rings. The highest BCUT2D eigenvalue weighted by molar-refractivity contribution is 9.10. The Balaban J connectivity index is 2.54. The van der Waals surface area contributed by atoms with Crippen LogP contribution < -0.4 is 0 Å². The molecule has 0 saturated carbocycles. The number of aromatic nitrogens is 2. The summed E-state index contributed by atoms with van der Waals surface area (Å²) in [5.41, 5.74) is 1.36. The smallest absolute Gasteiger partial charge is 0.313 e. The van der Waals surface area contributed by atoms with Crippen LogP contribution in [0.25, 0.3) is 11.0 Å². The lowest BCUT2D eigenvalue weighted by molar-refractivity contribution is -0.133. The van der Waals surface area contributed by atoms with Gasteiger partial charge in [0.2, 0.25) is 0 Å². The maximum Gasteiger partial charge on any atom is 0.313 e. The van der Waals surface area contributed by atoms with Crippen LogP contribution in [-0.2, 0) is 4.79 Å². The Morgan fingerprint density at radius 1 is 1.57 bits per heavy atom. The number of hydrogen-bond acceptors (Lipinski definition) is 3. The monoisotopic (exact) mass is 374 g/mol. The van der Waals surface area contributed by atoms with Crippen LogP contribution in [0.1, 0.15) is 32.7 Å². The van der Waals surface area contributed by atoms with E-state index in [2.05, 4.69) is 27.8 Å². The molecule has 0 radical (unpaired) electrons. The van der Waals surface area contributed by atoms with Crippen molar-refractivity contribution in [3.05, 3.63) is 22.4 Å². The minimum absolute atomic E-state index is 0.0637. The van der Waals surface area contributed by atoms with Gasteiger partial charge in [0.25, 0.3) is 0 Å². The summed E-state index contributed by atoms with van der Waals surface area (Å²) in [5, 5.41) is 9.46. The van der Waals surface area contributed by atoms with Crippen molar-refractivity contribution in [2.24, 2.45) is 0 Å². The number of aliphatic carboxylic acids is 1. The minimum Gasteiger partial charge on any atom is -0.481 e. The maximum atomic E-state index is 13.8. The lowest BCUT2D eigenvalue weighted by Gasteiger charge is -2.16. The average molecular weight is 375 g/mol. The molecular weight excluding hydrogens is 359 g/mol. The summed E-state index contributed by atoms with van der Waals surface area (Å²) >= 11 is 4.32. The third-order valence-corrected chi connectivity index (χ3v) is 4.72. The molecule has 1 aromatic heterocycles. The second kappa shape index (κ2) is 6.79. The Labute approximate surface area is 134 Å². The van der Waals surface area contributed by atoms with E-state index >= 15 is 0 Å². The summed E-state index contributed by atoms with van der Waals surface area (Å²) in [5.74, 6) is -1.30. The van der Waals surface area contributed by atoms with Crippen LogP contribution in [0.4, 0.5) is 4.39 Å². The first-order valence-electron chi connectivity index (χ1n) is 6.65. The lowest BCUT2D eigenvalue weighted by Crippen LogP contribution is -2.08. The Morgan fingerprint density at radius 2 is 2.29 bits per heavy atom. The second-order valence-electron chi connectivity index (χ2n) is 4.84. The van der Waals surface area contributed by atoms with Gasteiger partial charge in [-0.15, -0.1) is 0 Å². The van der Waals surface area contributed by atoms with Crippen molar-refractivity contribution in [2.45, 2.75) is 37.9 Å². The number of carboxylic acid groups (broad SMARTS) is 1. The molecule has 0 aliphatic heterocycles. The minimum atomic E-state index is -0.894. The number of nitrogens with zero attached hydrogens (tertiary/aromatic N) is 2. The van der Waals surface area contributed by atoms with Crippen LogP contribution >= 0.6 is 27.7 Å². The number of carbonyl (C=O) groups is 1. The molecule has 21 heavy (non-hydrogen) atoms. The summed E-state index contributed by atoms with van der Waals surface area (Å²) in [6.45, 7) is 4.12. The van der Waals surface area contributed by atoms with E-state index in [1.165, 1.54) is 6.07 Å². The third-order valence-electron chi connectivity index (χ3n) is 3.17. The molecule has 1 N–H and O–H groups in total. The summed E-state index contributed by atoms with van der Waals surface area (Å²) in [4.78, 5) is 15.2. The van der Waals surface area contributed by atoms with Crippen molar-refractivity contribution >= 4 is 44.7 Å². The highest BCUT2D eigenvalue weighted by Gasteiger charge is 2.18. The van der Waals surface area contributed by atoms with Gasteiger partial charge in [0.15, 0.2) is 5.16 Å². The number of thioether (sulfide) groups is 1. The molecule has 0 saturated heterocycles. The molecule has 114 valence electrons. The Hall–Kier alpha value is -1.08. The Bertz CT molecular complexity index is 675. The van der Waals surface area contributed by atoms with E-state index in [0.717, 1.165) is 24.6 Å². The molecule has 2 rings (SSSR count). The van der Waals surface area contributed by atoms with Crippen molar-refractivity contribution in [1.29, 1.82) is 0 Å². The van der Waals surface area contributed by atoms with Crippen molar-refractivity contribution in [3.8, 4) is 0 Å². The fraction of sp³-hybridized carbons (Fsp3) is 0.429. The standard InChI is InChI=1S/C14H16BrFN2O2S/c1-3-4-8(2)18-12-6-10(16)9(15)5-11(12)17-14(18)21-7-13(19)20/h5-6,8H,3-4,7H2,1-2H3,(H,19,20). The van der Waals surface area contributed by atoms with Gasteiger partial charge in [0, 0.05) is 12.1 Å². The average Bonchev–Trinajstić information content (AvgIpc) is 2.75. The Kier molecular flexibility index (Phi) is 5.27. The third kappa shape index (κ3) is 3.58. The van der Waals surface area contributed by atoms with E-state index in [1.807, 2.05) is 11.5 Å². The number of hydrogen-bond donors (Lipinski definition) is 1. The number of benzene rings is 1. The molecule has 1 aromatic carbocycles. The van der Waals surface area contributed by atoms with Crippen LogP contribution in [0, 0.1) is 5.82 Å². The van der Waals surface area contributed by atoms with Crippen LogP contribution in [-0.4, -0.2) is 26.4 Å². The van der Waals surface area contributed by atoms with Gasteiger partial charge in [0.1, 0.15) is 5.82 Å². The van der Waals surface area contributed by atoms with Crippen LogP contribution in [0.15, 0.2) is 21.8 Å². The van der Waals surface area contributed by atoms with E-state index in [4.69, 9.17) is 5.11 Å². The fourth-order valence-corrected chi connectivity index (χ4v) is 3.43. The van der Waals surface area contributed by atoms with Gasteiger partial charge in [-0.25, -0.2) is 9.37 Å². The summed E-state index contributed by atoms with van der Waals surface area (Å²) in [6.07, 6.45) is 1.91. The summed E-state index contributed by atoms with van der Waals surface area (Å²) in [7, 11) is 0. The van der Waals surface area contributed by atoms with Gasteiger partial charge >= 0.3 is 5.97 Å². The van der Waals surface area contributed by atoms with Crippen LogP contribution in [0.3, 0.4) is 0 Å². The topological polar surface area (TPSA) is 55.1 Å². The second-order valence-corrected chi connectivity index (χ2v) is 6.64. The molecule has 7 heteroatoms. The van der Waals surface area contributed by atoms with E-state index in [1.54, 1.807) is 6.07 Å². The first-order valence-corrected chi connectivity index (χ1v) is 8.43. The highest BCUT2D eigenvalue weighted by atomic mass is 79.9. The SMILES string of the molecule is CCCC(C)n1c(SCC(=O)O)nc2cc(Br)c(F)cc21. The predicted molar refractivity (Wildman–Crippen MR) is 85.4 cm³/mol. The molecule has 1 unspecified atom stereocenters.